The number of unbranched alkanes of at least 4 members (excludes halogenated alkanes) is 1. The van der Waals surface area contributed by atoms with Crippen LogP contribution < -0.4 is 0 Å². The van der Waals surface area contributed by atoms with Gasteiger partial charge in [0.2, 0.25) is 0 Å². The van der Waals surface area contributed by atoms with Crippen LogP contribution in [-0.2, 0) is 0 Å². The van der Waals surface area contributed by atoms with E-state index < -0.39 is 0 Å². The molecule has 1 unspecified atom stereocenters. The van der Waals surface area contributed by atoms with Gasteiger partial charge in [0, 0.05) is 6.04 Å². The minimum Gasteiger partial charge on any atom is -0.297 e. The molecule has 0 spiro atoms. The summed E-state index contributed by atoms with van der Waals surface area (Å²) in [5, 5.41) is 0. The molecule has 1 heteroatoms. The molecule has 0 saturated heterocycles. The monoisotopic (exact) mass is 247 g/mol. The number of rotatable bonds is 7. The largest absolute Gasteiger partial charge is 0.297 e. The summed E-state index contributed by atoms with van der Waals surface area (Å²) in [4.78, 5) is 2.44. The molecule has 0 amide bonds. The standard InChI is InChI=1S/C17H29N/c1-5-7-8-9-14-17(18(4)6-2)15(3)16-12-10-11-13-16/h5,9,14,17H,1,6-8,10-13H2,2-4H3. The van der Waals surface area contributed by atoms with Crippen LogP contribution in [0.15, 0.2) is 36.0 Å². The second kappa shape index (κ2) is 8.31. The van der Waals surface area contributed by atoms with Crippen molar-refractivity contribution in [2.75, 3.05) is 13.6 Å². The van der Waals surface area contributed by atoms with Gasteiger partial charge in [-0.15, -0.1) is 6.58 Å². The Bertz CT molecular complexity index is 304. The third kappa shape index (κ3) is 4.45. The minimum atomic E-state index is 0.493. The van der Waals surface area contributed by atoms with Crippen LogP contribution in [0.5, 0.6) is 0 Å². The Hall–Kier alpha value is -0.820. The number of allylic oxidation sites excluding steroid dienone is 3. The van der Waals surface area contributed by atoms with Crippen molar-refractivity contribution in [3.05, 3.63) is 36.0 Å². The Morgan fingerprint density at radius 1 is 1.33 bits per heavy atom. The van der Waals surface area contributed by atoms with Gasteiger partial charge in [-0.25, -0.2) is 0 Å². The second-order valence-corrected chi connectivity index (χ2v) is 5.31. The van der Waals surface area contributed by atoms with Crippen LogP contribution in [-0.4, -0.2) is 24.5 Å². The van der Waals surface area contributed by atoms with Crippen molar-refractivity contribution in [3.8, 4) is 0 Å². The molecule has 0 aromatic carbocycles. The van der Waals surface area contributed by atoms with E-state index >= 15 is 0 Å². The average molecular weight is 247 g/mol. The summed E-state index contributed by atoms with van der Waals surface area (Å²) in [5.74, 6) is 0. The smallest absolute Gasteiger partial charge is 0.0488 e. The third-order valence-electron chi connectivity index (χ3n) is 4.04. The highest BCUT2D eigenvalue weighted by Gasteiger charge is 2.17. The summed E-state index contributed by atoms with van der Waals surface area (Å²) >= 11 is 0. The zero-order valence-electron chi connectivity index (χ0n) is 12.4. The van der Waals surface area contributed by atoms with E-state index in [0.717, 1.165) is 19.4 Å². The third-order valence-corrected chi connectivity index (χ3v) is 4.04. The molecular weight excluding hydrogens is 218 g/mol. The highest BCUT2D eigenvalue weighted by molar-refractivity contribution is 5.25. The molecule has 0 bridgehead atoms. The second-order valence-electron chi connectivity index (χ2n) is 5.31. The van der Waals surface area contributed by atoms with Crippen molar-refractivity contribution in [2.24, 2.45) is 0 Å². The van der Waals surface area contributed by atoms with Gasteiger partial charge < -0.3 is 0 Å². The van der Waals surface area contributed by atoms with E-state index in [-0.39, 0.29) is 0 Å². The normalized spacial score (nSPS) is 17.7. The maximum Gasteiger partial charge on any atom is 0.0488 e. The molecule has 1 fully saturated rings. The summed E-state index contributed by atoms with van der Waals surface area (Å²) in [5.41, 5.74) is 3.29. The lowest BCUT2D eigenvalue weighted by atomic mass is 9.99. The Morgan fingerprint density at radius 2 is 2.00 bits per heavy atom. The van der Waals surface area contributed by atoms with Crippen molar-refractivity contribution < 1.29 is 0 Å². The fourth-order valence-electron chi connectivity index (χ4n) is 2.66. The van der Waals surface area contributed by atoms with Crippen LogP contribution in [0.25, 0.3) is 0 Å². The molecule has 0 radical (unpaired) electrons. The lowest BCUT2D eigenvalue weighted by Gasteiger charge is -2.26. The highest BCUT2D eigenvalue weighted by atomic mass is 15.1. The van der Waals surface area contributed by atoms with Crippen LogP contribution >= 0.6 is 0 Å². The fraction of sp³-hybridized carbons (Fsp3) is 0.647. The summed E-state index contributed by atoms with van der Waals surface area (Å²) < 4.78 is 0. The van der Waals surface area contributed by atoms with Gasteiger partial charge in [0.25, 0.3) is 0 Å². The van der Waals surface area contributed by atoms with E-state index in [1.54, 1.807) is 11.1 Å². The predicted octanol–water partition coefficient (Wildman–Crippen LogP) is 4.72. The molecule has 0 N–H and O–H groups in total. The minimum absolute atomic E-state index is 0.493. The summed E-state index contributed by atoms with van der Waals surface area (Å²) in [6.45, 7) is 9.43. The van der Waals surface area contributed by atoms with Crippen LogP contribution in [0.2, 0.25) is 0 Å². The van der Waals surface area contributed by atoms with Gasteiger partial charge >= 0.3 is 0 Å². The predicted molar refractivity (Wildman–Crippen MR) is 81.8 cm³/mol. The molecule has 0 aromatic heterocycles. The molecule has 102 valence electrons. The van der Waals surface area contributed by atoms with Crippen molar-refractivity contribution in [2.45, 2.75) is 58.4 Å². The number of nitrogens with zero attached hydrogens (tertiary/aromatic N) is 1. The molecule has 1 rings (SSSR count). The Balaban J connectivity index is 2.74. The van der Waals surface area contributed by atoms with Gasteiger partial charge in [-0.3, -0.25) is 4.90 Å². The van der Waals surface area contributed by atoms with Crippen molar-refractivity contribution in [1.82, 2.24) is 4.90 Å². The zero-order chi connectivity index (χ0) is 13.4. The van der Waals surface area contributed by atoms with E-state index in [1.807, 2.05) is 6.08 Å². The quantitative estimate of drug-likeness (QED) is 0.465. The van der Waals surface area contributed by atoms with E-state index in [9.17, 15) is 0 Å². The SMILES string of the molecule is C=CCCC=CC(C(C)=C1CCCC1)N(C)CC. The van der Waals surface area contributed by atoms with Crippen molar-refractivity contribution in [3.63, 3.8) is 0 Å². The van der Waals surface area contributed by atoms with Crippen LogP contribution in [0.3, 0.4) is 0 Å². The van der Waals surface area contributed by atoms with E-state index in [2.05, 4.69) is 44.5 Å². The number of hydrogen-bond acceptors (Lipinski definition) is 1. The van der Waals surface area contributed by atoms with Crippen LogP contribution in [0.1, 0.15) is 52.4 Å². The van der Waals surface area contributed by atoms with Crippen molar-refractivity contribution >= 4 is 0 Å². The lowest BCUT2D eigenvalue weighted by Crippen LogP contribution is -2.31. The Labute approximate surface area is 113 Å². The van der Waals surface area contributed by atoms with Crippen LogP contribution in [0, 0.1) is 0 Å². The molecule has 1 saturated carbocycles. The summed E-state index contributed by atoms with van der Waals surface area (Å²) in [6, 6.07) is 0.493. The highest BCUT2D eigenvalue weighted by Crippen LogP contribution is 2.29. The molecule has 0 aliphatic heterocycles. The lowest BCUT2D eigenvalue weighted by molar-refractivity contribution is 0.324. The van der Waals surface area contributed by atoms with E-state index in [0.29, 0.717) is 6.04 Å². The van der Waals surface area contributed by atoms with Crippen LogP contribution in [0.4, 0.5) is 0 Å². The first-order valence-electron chi connectivity index (χ1n) is 7.37. The zero-order valence-corrected chi connectivity index (χ0v) is 12.4. The molecule has 0 aromatic rings. The van der Waals surface area contributed by atoms with E-state index in [4.69, 9.17) is 0 Å². The van der Waals surface area contributed by atoms with E-state index in [1.165, 1.54) is 25.7 Å². The topological polar surface area (TPSA) is 3.24 Å². The first kappa shape index (κ1) is 15.2. The van der Waals surface area contributed by atoms with Gasteiger partial charge in [0.1, 0.15) is 0 Å². The maximum atomic E-state index is 3.77. The number of likely N-dealkylation sites (N-methyl/N-ethyl adjacent to an activating group) is 1. The first-order chi connectivity index (χ1) is 8.70. The molecule has 0 heterocycles. The molecule has 18 heavy (non-hydrogen) atoms. The van der Waals surface area contributed by atoms with Gasteiger partial charge in [0.05, 0.1) is 0 Å². The Morgan fingerprint density at radius 3 is 2.56 bits per heavy atom. The van der Waals surface area contributed by atoms with Crippen molar-refractivity contribution in [1.29, 1.82) is 0 Å². The molecule has 1 nitrogen and oxygen atoms in total. The Kier molecular flexibility index (Phi) is 7.04. The number of hydrogen-bond donors (Lipinski definition) is 0. The summed E-state index contributed by atoms with van der Waals surface area (Å²) in [6.07, 6.45) is 14.3. The molecule has 1 aliphatic carbocycles. The molecule has 1 aliphatic rings. The maximum absolute atomic E-state index is 3.77. The first-order valence-corrected chi connectivity index (χ1v) is 7.37. The van der Waals surface area contributed by atoms with Gasteiger partial charge in [0.15, 0.2) is 0 Å². The molecular formula is C17H29N. The summed E-state index contributed by atoms with van der Waals surface area (Å²) in [7, 11) is 2.22. The van der Waals surface area contributed by atoms with Gasteiger partial charge in [-0.1, -0.05) is 36.3 Å². The average Bonchev–Trinajstić information content (AvgIpc) is 2.91. The fourth-order valence-corrected chi connectivity index (χ4v) is 2.66. The van der Waals surface area contributed by atoms with Gasteiger partial charge in [-0.2, -0.15) is 0 Å². The van der Waals surface area contributed by atoms with Gasteiger partial charge in [-0.05, 0) is 59.0 Å². The molecule has 1 atom stereocenters.